The highest BCUT2D eigenvalue weighted by Crippen LogP contribution is 2.70. The van der Waals surface area contributed by atoms with Gasteiger partial charge in [-0.25, -0.2) is 13.4 Å². The lowest BCUT2D eigenvalue weighted by atomic mass is 12.0. The largest absolute Gasteiger partial charge is 0.505 e. The molecule has 0 saturated heterocycles. The summed E-state index contributed by atoms with van der Waals surface area (Å²) >= 11 is 0. The van der Waals surface area contributed by atoms with Crippen LogP contribution in [0.5, 0.6) is 0 Å². The average molecular weight is 295 g/mol. The van der Waals surface area contributed by atoms with Crippen molar-refractivity contribution in [3.63, 3.8) is 0 Å². The van der Waals surface area contributed by atoms with E-state index in [0.717, 1.165) is 0 Å². The van der Waals surface area contributed by atoms with E-state index in [0.29, 0.717) is 6.66 Å². The first kappa shape index (κ1) is 15.4. The van der Waals surface area contributed by atoms with Crippen LogP contribution in [-0.2, 0) is 22.3 Å². The van der Waals surface area contributed by atoms with Gasteiger partial charge in [0.1, 0.15) is 0 Å². The van der Waals surface area contributed by atoms with Gasteiger partial charge in [-0.2, -0.15) is 4.31 Å². The fraction of sp³-hybridized carbons (Fsp3) is 1.00. The Bertz CT molecular complexity index is 407. The Morgan fingerprint density at radius 3 is 1.75 bits per heavy atom. The molecule has 0 aliphatic heterocycles. The first-order chi connectivity index (χ1) is 7.10. The first-order valence-corrected chi connectivity index (χ1v) is 8.12. The van der Waals surface area contributed by atoms with E-state index in [-0.39, 0.29) is 0 Å². The maximum atomic E-state index is 11.1. The Hall–Kier alpha value is -0.630. The molecule has 0 spiro atoms. The summed E-state index contributed by atoms with van der Waals surface area (Å²) in [5.41, 5.74) is 0. The smallest absolute Gasteiger partial charge is 0.304 e. The van der Waals surface area contributed by atoms with Gasteiger partial charge < -0.3 is 4.89 Å². The molecule has 15 heteroatoms. The van der Waals surface area contributed by atoms with Crippen LogP contribution in [0.15, 0.2) is 14.8 Å². The second-order valence-corrected chi connectivity index (χ2v) is 7.49. The lowest BCUT2D eigenvalue weighted by molar-refractivity contribution is 0.338. The standard InChI is InChI=1S/CH4N3O9P3/c1-14(8,2-5)12-16(11,4-7)13-15(9,10)3-6/h1H3,(H,9,10). The molecular weight excluding hydrogens is 291 g/mol. The van der Waals surface area contributed by atoms with Gasteiger partial charge in [-0.05, 0) is 0 Å². The van der Waals surface area contributed by atoms with E-state index in [4.69, 9.17) is 4.89 Å². The van der Waals surface area contributed by atoms with E-state index in [1.54, 1.807) is 4.95 Å². The zero-order chi connectivity index (χ0) is 13.0. The highest BCUT2D eigenvalue weighted by molar-refractivity contribution is 7.72. The Morgan fingerprint density at radius 2 is 1.44 bits per heavy atom. The van der Waals surface area contributed by atoms with E-state index in [2.05, 4.69) is 8.62 Å². The lowest BCUT2D eigenvalue weighted by Crippen LogP contribution is -1.88. The summed E-state index contributed by atoms with van der Waals surface area (Å²) in [7, 11) is -15.0. The van der Waals surface area contributed by atoms with Gasteiger partial charge in [-0.1, -0.05) is 0 Å². The van der Waals surface area contributed by atoms with Crippen LogP contribution in [0.3, 0.4) is 0 Å². The summed E-state index contributed by atoms with van der Waals surface area (Å²) in [6.07, 6.45) is 0. The first-order valence-electron chi connectivity index (χ1n) is 3.07. The zero-order valence-electron chi connectivity index (χ0n) is 7.40. The molecule has 0 aromatic carbocycles. The molecule has 0 heterocycles. The molecule has 0 bridgehead atoms. The summed E-state index contributed by atoms with van der Waals surface area (Å²) in [6, 6.07) is 0. The monoisotopic (exact) mass is 295 g/mol. The molecule has 0 aromatic rings. The normalized spacial score (nSPS) is 22.1. The van der Waals surface area contributed by atoms with Crippen molar-refractivity contribution in [2.45, 2.75) is 0 Å². The van der Waals surface area contributed by atoms with Crippen LogP contribution in [0.1, 0.15) is 0 Å². The molecule has 0 aliphatic rings. The average Bonchev–Trinajstić information content (AvgIpc) is 2.16. The van der Waals surface area contributed by atoms with E-state index in [1.165, 1.54) is 4.95 Å². The number of hydrogen-bond acceptors (Lipinski definition) is 8. The van der Waals surface area contributed by atoms with Crippen LogP contribution in [-0.4, -0.2) is 11.6 Å². The third-order valence-electron chi connectivity index (χ3n) is 0.816. The third kappa shape index (κ3) is 4.93. The molecule has 1 N–H and O–H groups in total. The van der Waals surface area contributed by atoms with Gasteiger partial charge in [0.15, 0.2) is 0 Å². The molecule has 16 heavy (non-hydrogen) atoms. The number of nitroso groups, excluding NO2 is 3. The Balaban J connectivity index is 5.11. The predicted molar refractivity (Wildman–Crippen MR) is 50.5 cm³/mol. The maximum absolute atomic E-state index is 11.1. The van der Waals surface area contributed by atoms with Gasteiger partial charge in [0.2, 0.25) is 0 Å². The van der Waals surface area contributed by atoms with Crippen LogP contribution in [0.25, 0.3) is 0 Å². The molecule has 0 fully saturated rings. The highest BCUT2D eigenvalue weighted by Gasteiger charge is 2.43. The van der Waals surface area contributed by atoms with Crippen molar-refractivity contribution >= 4 is 23.0 Å². The number of rotatable bonds is 7. The van der Waals surface area contributed by atoms with Crippen molar-refractivity contribution in [2.75, 3.05) is 6.66 Å². The van der Waals surface area contributed by atoms with Crippen molar-refractivity contribution in [3.8, 4) is 0 Å². The summed E-state index contributed by atoms with van der Waals surface area (Å²) < 4.78 is 39.8. The minimum atomic E-state index is -5.29. The topological polar surface area (TPSA) is 178 Å². The molecule has 0 saturated carbocycles. The van der Waals surface area contributed by atoms with Crippen molar-refractivity contribution in [1.82, 2.24) is 0 Å². The van der Waals surface area contributed by atoms with Crippen LogP contribution < -0.4 is 0 Å². The second kappa shape index (κ2) is 5.13. The summed E-state index contributed by atoms with van der Waals surface area (Å²) in [6.45, 7) is 0.540. The zero-order valence-corrected chi connectivity index (χ0v) is 10.1. The molecule has 12 nitrogen and oxygen atoms in total. The van der Waals surface area contributed by atoms with E-state index < -0.39 is 23.0 Å². The van der Waals surface area contributed by atoms with Gasteiger partial charge in [0.25, 0.3) is 0 Å². The molecular formula is CH4N3O9P3. The second-order valence-electron chi connectivity index (χ2n) is 2.17. The Labute approximate surface area is 87.3 Å². The highest BCUT2D eigenvalue weighted by atomic mass is 31.3. The van der Waals surface area contributed by atoms with Gasteiger partial charge in [-0.15, -0.1) is 14.7 Å². The molecule has 0 radical (unpaired) electrons. The number of hydrogen-bond donors (Lipinski definition) is 1. The third-order valence-corrected chi connectivity index (χ3v) is 5.23. The minimum Gasteiger partial charge on any atom is -0.304 e. The van der Waals surface area contributed by atoms with Crippen LogP contribution in [0.4, 0.5) is 0 Å². The Morgan fingerprint density at radius 1 is 0.938 bits per heavy atom. The lowest BCUT2D eigenvalue weighted by Gasteiger charge is -2.11. The van der Waals surface area contributed by atoms with Gasteiger partial charge in [-0.3, -0.25) is 4.57 Å². The van der Waals surface area contributed by atoms with Gasteiger partial charge >= 0.3 is 23.0 Å². The molecule has 0 aliphatic carbocycles. The quantitative estimate of drug-likeness (QED) is 0.544. The molecule has 3 unspecified atom stereocenters. The summed E-state index contributed by atoms with van der Waals surface area (Å²) in [5.74, 6) is 0. The fourth-order valence-corrected chi connectivity index (χ4v) is 3.87. The van der Waals surface area contributed by atoms with Gasteiger partial charge in [0, 0.05) is 21.5 Å². The van der Waals surface area contributed by atoms with Crippen molar-refractivity contribution < 1.29 is 27.2 Å². The van der Waals surface area contributed by atoms with E-state index >= 15 is 0 Å². The summed E-state index contributed by atoms with van der Waals surface area (Å²) in [5, 5.41) is 0. The van der Waals surface area contributed by atoms with Crippen molar-refractivity contribution in [1.29, 1.82) is 0 Å². The van der Waals surface area contributed by atoms with Crippen LogP contribution >= 0.6 is 23.0 Å². The SMILES string of the molecule is CP(=O)(N=O)OP(=O)(N=O)OP(=O)(O)N=O. The summed E-state index contributed by atoms with van der Waals surface area (Å²) in [4.78, 5) is 43.1. The molecule has 0 aromatic heterocycles. The number of nitrogens with zero attached hydrogens (tertiary/aromatic N) is 3. The predicted octanol–water partition coefficient (Wildman–Crippen LogP) is 2.35. The molecule has 92 valence electrons. The van der Waals surface area contributed by atoms with Crippen molar-refractivity contribution in [2.24, 2.45) is 14.8 Å². The van der Waals surface area contributed by atoms with E-state index in [1.807, 2.05) is 4.95 Å². The molecule has 0 amide bonds. The fourth-order valence-electron chi connectivity index (χ4n) is 0.400. The van der Waals surface area contributed by atoms with Crippen molar-refractivity contribution in [3.05, 3.63) is 14.7 Å². The Kier molecular flexibility index (Phi) is 4.93. The maximum Gasteiger partial charge on any atom is 0.505 e. The molecule has 3 atom stereocenters. The van der Waals surface area contributed by atoms with Crippen LogP contribution in [0, 0.1) is 14.7 Å². The van der Waals surface area contributed by atoms with Crippen LogP contribution in [0.2, 0.25) is 0 Å². The van der Waals surface area contributed by atoms with E-state index in [9.17, 15) is 28.4 Å². The minimum absolute atomic E-state index is 0.540. The van der Waals surface area contributed by atoms with Gasteiger partial charge in [0.05, 0.1) is 0 Å². The molecule has 0 rings (SSSR count).